The Bertz CT molecular complexity index is 955. The second-order valence-corrected chi connectivity index (χ2v) is 12.0. The summed E-state index contributed by atoms with van der Waals surface area (Å²) in [6.07, 6.45) is 6.03. The van der Waals surface area contributed by atoms with Gasteiger partial charge in [0.2, 0.25) is 0 Å². The number of hydrogen-bond acceptors (Lipinski definition) is 6. The lowest BCUT2D eigenvalue weighted by atomic mass is 9.85. The van der Waals surface area contributed by atoms with E-state index >= 15 is 0 Å². The highest BCUT2D eigenvalue weighted by molar-refractivity contribution is 5.67. The first kappa shape index (κ1) is 36.9. The molecule has 2 aromatic carbocycles. The molecule has 0 heterocycles. The molecule has 0 amide bonds. The lowest BCUT2D eigenvalue weighted by Gasteiger charge is -2.21. The molecule has 0 saturated heterocycles. The van der Waals surface area contributed by atoms with Crippen LogP contribution in [0, 0.1) is 0 Å². The Morgan fingerprint density at radius 3 is 1.20 bits per heavy atom. The number of carboxylic acids is 2. The number of phenolic OH excluding ortho intramolecular Hbond substituents is 2. The van der Waals surface area contributed by atoms with Gasteiger partial charge < -0.3 is 31.9 Å². The fourth-order valence-corrected chi connectivity index (χ4v) is 3.82. The van der Waals surface area contributed by atoms with Crippen molar-refractivity contribution in [3.05, 3.63) is 58.7 Å². The summed E-state index contributed by atoms with van der Waals surface area (Å²) in [6, 6.07) is 10.6. The smallest absolute Gasteiger partial charge is 0.303 e. The van der Waals surface area contributed by atoms with Gasteiger partial charge >= 0.3 is 11.9 Å². The van der Waals surface area contributed by atoms with Crippen molar-refractivity contribution in [3.63, 3.8) is 0 Å². The van der Waals surface area contributed by atoms with E-state index in [0.717, 1.165) is 48.2 Å². The van der Waals surface area contributed by atoms with Crippen molar-refractivity contribution in [1.82, 2.24) is 0 Å². The van der Waals surface area contributed by atoms with Crippen LogP contribution in [0.2, 0.25) is 0 Å². The molecule has 0 saturated carbocycles. The average Bonchev–Trinajstić information content (AvgIpc) is 2.85. The van der Waals surface area contributed by atoms with Crippen molar-refractivity contribution >= 4 is 11.9 Å². The Hall–Kier alpha value is -3.10. The summed E-state index contributed by atoms with van der Waals surface area (Å²) < 4.78 is 0. The van der Waals surface area contributed by atoms with Gasteiger partial charge in [-0.25, -0.2) is 0 Å². The third kappa shape index (κ3) is 16.1. The van der Waals surface area contributed by atoms with E-state index in [1.54, 1.807) is 24.3 Å². The lowest BCUT2D eigenvalue weighted by Crippen LogP contribution is -2.12. The SMILES string of the molecule is CC(C)(C)c1cc(CCC(=O)O)ccc1O.CC(C)(C)c1cc(CCC(=O)O)ccc1O.NCCCCCCN. The minimum Gasteiger partial charge on any atom is -0.508 e. The number of rotatable bonds is 11. The third-order valence-corrected chi connectivity index (χ3v) is 6.15. The molecule has 0 radical (unpaired) electrons. The molecule has 8 nitrogen and oxygen atoms in total. The molecule has 0 aliphatic carbocycles. The summed E-state index contributed by atoms with van der Waals surface area (Å²) >= 11 is 0. The molecule has 0 fully saturated rings. The number of carbonyl (C=O) groups is 2. The highest BCUT2D eigenvalue weighted by Crippen LogP contribution is 2.32. The van der Waals surface area contributed by atoms with E-state index in [1.807, 2.05) is 53.7 Å². The molecule has 0 bridgehead atoms. The number of aromatic hydroxyl groups is 2. The lowest BCUT2D eigenvalue weighted by molar-refractivity contribution is -0.138. The first-order valence-corrected chi connectivity index (χ1v) is 14.0. The van der Waals surface area contributed by atoms with Gasteiger partial charge in [0.1, 0.15) is 11.5 Å². The van der Waals surface area contributed by atoms with E-state index in [0.29, 0.717) is 12.8 Å². The van der Waals surface area contributed by atoms with E-state index < -0.39 is 11.9 Å². The number of aryl methyl sites for hydroxylation is 2. The molecule has 0 aliphatic rings. The van der Waals surface area contributed by atoms with Crippen molar-refractivity contribution in [1.29, 1.82) is 0 Å². The zero-order valence-corrected chi connectivity index (χ0v) is 25.3. The zero-order chi connectivity index (χ0) is 30.9. The van der Waals surface area contributed by atoms with Gasteiger partial charge in [0.15, 0.2) is 0 Å². The first-order valence-electron chi connectivity index (χ1n) is 14.0. The Kier molecular flexibility index (Phi) is 16.9. The molecular formula is C32H52N2O6. The maximum atomic E-state index is 10.5. The Labute approximate surface area is 240 Å². The third-order valence-electron chi connectivity index (χ3n) is 6.15. The van der Waals surface area contributed by atoms with Crippen LogP contribution in [0.3, 0.4) is 0 Å². The van der Waals surface area contributed by atoms with Gasteiger partial charge in [-0.2, -0.15) is 0 Å². The van der Waals surface area contributed by atoms with Gasteiger partial charge in [-0.05, 0) is 84.0 Å². The molecule has 2 rings (SSSR count). The molecular weight excluding hydrogens is 508 g/mol. The summed E-state index contributed by atoms with van der Waals surface area (Å²) in [7, 11) is 0. The normalized spacial score (nSPS) is 11.1. The fraction of sp³-hybridized carbons (Fsp3) is 0.562. The molecule has 8 N–H and O–H groups in total. The maximum Gasteiger partial charge on any atom is 0.303 e. The Morgan fingerprint density at radius 1 is 0.625 bits per heavy atom. The van der Waals surface area contributed by atoms with Crippen molar-refractivity contribution in [2.75, 3.05) is 13.1 Å². The number of nitrogens with two attached hydrogens (primary N) is 2. The van der Waals surface area contributed by atoms with E-state index in [4.69, 9.17) is 21.7 Å². The van der Waals surface area contributed by atoms with Crippen LogP contribution in [0.25, 0.3) is 0 Å². The maximum absolute atomic E-state index is 10.5. The number of unbranched alkanes of at least 4 members (excludes halogenated alkanes) is 3. The second-order valence-electron chi connectivity index (χ2n) is 12.0. The molecule has 2 aromatic rings. The van der Waals surface area contributed by atoms with Gasteiger partial charge in [-0.1, -0.05) is 78.6 Å². The molecule has 0 unspecified atom stereocenters. The van der Waals surface area contributed by atoms with E-state index in [1.165, 1.54) is 12.8 Å². The van der Waals surface area contributed by atoms with Gasteiger partial charge in [-0.3, -0.25) is 9.59 Å². The summed E-state index contributed by atoms with van der Waals surface area (Å²) in [5.74, 6) is -1.06. The topological polar surface area (TPSA) is 167 Å². The van der Waals surface area contributed by atoms with Crippen molar-refractivity contribution in [2.45, 2.75) is 104 Å². The highest BCUT2D eigenvalue weighted by Gasteiger charge is 2.19. The van der Waals surface area contributed by atoms with E-state index in [9.17, 15) is 19.8 Å². The number of benzene rings is 2. The minimum atomic E-state index is -0.801. The largest absolute Gasteiger partial charge is 0.508 e. The summed E-state index contributed by atoms with van der Waals surface area (Å²) in [4.78, 5) is 20.9. The van der Waals surface area contributed by atoms with Gasteiger partial charge in [0, 0.05) is 12.8 Å². The molecule has 0 aromatic heterocycles. The molecule has 226 valence electrons. The zero-order valence-electron chi connectivity index (χ0n) is 25.3. The summed E-state index contributed by atoms with van der Waals surface area (Å²) in [6.45, 7) is 13.7. The van der Waals surface area contributed by atoms with Gasteiger partial charge in [-0.15, -0.1) is 0 Å². The van der Waals surface area contributed by atoms with Gasteiger partial charge in [0.25, 0.3) is 0 Å². The molecule has 40 heavy (non-hydrogen) atoms. The standard InChI is InChI=1S/2C13H18O3.C6H16N2/c2*1-13(2,3)10-8-9(4-6-11(10)14)5-7-12(15)16;7-5-3-1-2-4-6-8/h2*4,6,8,14H,5,7H2,1-3H3,(H,15,16);1-8H2. The molecule has 0 aliphatic heterocycles. The second kappa shape index (κ2) is 18.3. The van der Waals surface area contributed by atoms with Crippen LogP contribution in [0.1, 0.15) is 102 Å². The van der Waals surface area contributed by atoms with Crippen LogP contribution in [0.4, 0.5) is 0 Å². The van der Waals surface area contributed by atoms with Crippen LogP contribution in [0.5, 0.6) is 11.5 Å². The van der Waals surface area contributed by atoms with Crippen LogP contribution < -0.4 is 11.5 Å². The van der Waals surface area contributed by atoms with Crippen LogP contribution in [0.15, 0.2) is 36.4 Å². The fourth-order valence-electron chi connectivity index (χ4n) is 3.82. The Morgan fingerprint density at radius 2 is 0.950 bits per heavy atom. The van der Waals surface area contributed by atoms with Crippen molar-refractivity contribution in [2.24, 2.45) is 11.5 Å². The number of hydrogen-bond donors (Lipinski definition) is 6. The van der Waals surface area contributed by atoms with Crippen molar-refractivity contribution < 1.29 is 30.0 Å². The van der Waals surface area contributed by atoms with E-state index in [2.05, 4.69) is 0 Å². The van der Waals surface area contributed by atoms with Crippen LogP contribution >= 0.6 is 0 Å². The number of phenols is 2. The minimum absolute atomic E-state index is 0.119. The molecule has 0 atom stereocenters. The quantitative estimate of drug-likeness (QED) is 0.185. The number of carboxylic acid groups (broad SMARTS) is 2. The first-order chi connectivity index (χ1) is 18.5. The molecule has 8 heteroatoms. The van der Waals surface area contributed by atoms with Crippen LogP contribution in [-0.4, -0.2) is 45.5 Å². The number of aliphatic carboxylic acids is 2. The monoisotopic (exact) mass is 560 g/mol. The predicted octanol–water partition coefficient (Wildman–Crippen LogP) is 5.88. The van der Waals surface area contributed by atoms with Crippen molar-refractivity contribution in [3.8, 4) is 11.5 Å². The molecule has 0 spiro atoms. The predicted molar refractivity (Wildman–Crippen MR) is 162 cm³/mol. The average molecular weight is 561 g/mol. The summed E-state index contributed by atoms with van der Waals surface area (Å²) in [5, 5.41) is 36.7. The van der Waals surface area contributed by atoms with E-state index in [-0.39, 0.29) is 35.2 Å². The summed E-state index contributed by atoms with van der Waals surface area (Å²) in [5.41, 5.74) is 13.9. The van der Waals surface area contributed by atoms with Crippen LogP contribution in [-0.2, 0) is 33.3 Å². The Balaban J connectivity index is 0.000000605. The van der Waals surface area contributed by atoms with Gasteiger partial charge in [0.05, 0.1) is 0 Å². The highest BCUT2D eigenvalue weighted by atomic mass is 16.4.